The van der Waals surface area contributed by atoms with Gasteiger partial charge in [-0.05, 0) is 40.7 Å². The van der Waals surface area contributed by atoms with E-state index in [9.17, 15) is 19.5 Å². The molecule has 48 heavy (non-hydrogen) atoms. The van der Waals surface area contributed by atoms with Gasteiger partial charge in [-0.25, -0.2) is 10.0 Å². The summed E-state index contributed by atoms with van der Waals surface area (Å²) in [5.74, 6) is 0.251. The first-order chi connectivity index (χ1) is 23.0. The molecule has 0 unspecified atom stereocenters. The lowest BCUT2D eigenvalue weighted by molar-refractivity contribution is -0.205. The number of aromatic hydroxyl groups is 1. The Bertz CT molecular complexity index is 1630. The molecule has 0 saturated carbocycles. The Balaban J connectivity index is 1.55. The van der Waals surface area contributed by atoms with Crippen LogP contribution in [0.2, 0.25) is 0 Å². The molecule has 9 nitrogen and oxygen atoms in total. The average Bonchev–Trinajstić information content (AvgIpc) is 3.06. The van der Waals surface area contributed by atoms with Crippen LogP contribution in [0.1, 0.15) is 49.4 Å². The largest absolute Gasteiger partial charge is 0.508 e. The molecule has 2 saturated heterocycles. The zero-order valence-electron chi connectivity index (χ0n) is 28.2. The van der Waals surface area contributed by atoms with Gasteiger partial charge < -0.3 is 19.6 Å². The molecule has 0 aromatic heterocycles. The van der Waals surface area contributed by atoms with Crippen LogP contribution in [0.4, 0.5) is 0 Å². The van der Waals surface area contributed by atoms with Crippen molar-refractivity contribution in [3.05, 3.63) is 120 Å². The molecule has 3 amide bonds. The number of para-hydroxylation sites is 1. The van der Waals surface area contributed by atoms with E-state index in [1.807, 2.05) is 48.5 Å². The molecule has 3 aromatic carbocycles. The highest BCUT2D eigenvalue weighted by molar-refractivity contribution is 5.92. The summed E-state index contributed by atoms with van der Waals surface area (Å²) in [6.45, 7) is 15.0. The molecule has 0 radical (unpaired) electrons. The standard InChI is InChI=1S/C39H46N4O5/c1-6-22-41-27-36(46)42-33(24-29-16-19-31(44)20-17-29)38(47)40(25-30-14-11-15-32(39(3,4)5)37(30)48-23-7-2)26-34(42)43(41)35(45)21-18-28-12-9-8-10-13-28/h6-17,19-20,33-34,44H,1-2,18,21-27H2,3-5H3/t33-,34-/m0/s1. The van der Waals surface area contributed by atoms with E-state index in [-0.39, 0.29) is 61.4 Å². The fourth-order valence-corrected chi connectivity index (χ4v) is 6.59. The van der Waals surface area contributed by atoms with E-state index < -0.39 is 12.2 Å². The van der Waals surface area contributed by atoms with Gasteiger partial charge in [-0.15, -0.1) is 6.58 Å². The molecular weight excluding hydrogens is 604 g/mol. The highest BCUT2D eigenvalue weighted by atomic mass is 16.5. The Kier molecular flexibility index (Phi) is 10.7. The number of phenolic OH excluding ortho intramolecular Hbond substituents is 1. The van der Waals surface area contributed by atoms with Gasteiger partial charge in [0, 0.05) is 31.5 Å². The van der Waals surface area contributed by atoms with Crippen molar-refractivity contribution in [2.45, 2.75) is 64.2 Å². The second kappa shape index (κ2) is 14.9. The first-order valence-corrected chi connectivity index (χ1v) is 16.5. The van der Waals surface area contributed by atoms with E-state index in [4.69, 9.17) is 4.74 Å². The van der Waals surface area contributed by atoms with E-state index in [1.165, 1.54) is 0 Å². The monoisotopic (exact) mass is 650 g/mol. The summed E-state index contributed by atoms with van der Waals surface area (Å²) in [4.78, 5) is 45.9. The normalized spacial score (nSPS) is 18.4. The molecule has 2 atom stereocenters. The van der Waals surface area contributed by atoms with E-state index in [0.717, 1.165) is 22.3 Å². The summed E-state index contributed by atoms with van der Waals surface area (Å²) >= 11 is 0. The van der Waals surface area contributed by atoms with Crippen LogP contribution in [-0.2, 0) is 39.2 Å². The molecule has 5 rings (SSSR count). The quantitative estimate of drug-likeness (QED) is 0.270. The summed E-state index contributed by atoms with van der Waals surface area (Å²) < 4.78 is 6.23. The van der Waals surface area contributed by atoms with Crippen molar-refractivity contribution in [1.29, 1.82) is 0 Å². The number of hydrogen-bond acceptors (Lipinski definition) is 6. The number of piperazine rings is 1. The molecule has 0 spiro atoms. The van der Waals surface area contributed by atoms with Crippen molar-refractivity contribution in [3.63, 3.8) is 0 Å². The molecule has 9 heteroatoms. The molecular formula is C39H46N4O5. The van der Waals surface area contributed by atoms with E-state index >= 15 is 0 Å². The maximum absolute atomic E-state index is 14.5. The zero-order chi connectivity index (χ0) is 34.4. The van der Waals surface area contributed by atoms with Crippen LogP contribution in [-0.4, -0.2) is 81.1 Å². The van der Waals surface area contributed by atoms with Crippen LogP contribution in [0, 0.1) is 0 Å². The number of benzene rings is 3. The maximum Gasteiger partial charge on any atom is 0.246 e. The number of amides is 3. The topological polar surface area (TPSA) is 93.6 Å². The Labute approximate surface area is 283 Å². The number of phenols is 1. The predicted octanol–water partition coefficient (Wildman–Crippen LogP) is 5.24. The summed E-state index contributed by atoms with van der Waals surface area (Å²) in [7, 11) is 0. The van der Waals surface area contributed by atoms with E-state index in [0.29, 0.717) is 25.3 Å². The Morgan fingerprint density at radius 3 is 2.35 bits per heavy atom. The first kappa shape index (κ1) is 34.4. The Morgan fingerprint density at radius 1 is 0.958 bits per heavy atom. The smallest absolute Gasteiger partial charge is 0.246 e. The molecule has 0 bridgehead atoms. The lowest BCUT2D eigenvalue weighted by Gasteiger charge is -2.55. The van der Waals surface area contributed by atoms with Gasteiger partial charge >= 0.3 is 0 Å². The highest BCUT2D eigenvalue weighted by Crippen LogP contribution is 2.36. The number of aryl methyl sites for hydroxylation is 1. The van der Waals surface area contributed by atoms with E-state index in [2.05, 4.69) is 33.9 Å². The fourth-order valence-electron chi connectivity index (χ4n) is 6.59. The molecule has 2 aliphatic heterocycles. The van der Waals surface area contributed by atoms with Gasteiger partial charge in [0.2, 0.25) is 17.7 Å². The minimum atomic E-state index is -0.862. The summed E-state index contributed by atoms with van der Waals surface area (Å²) in [5, 5.41) is 13.3. The van der Waals surface area contributed by atoms with Crippen molar-refractivity contribution in [3.8, 4) is 11.5 Å². The van der Waals surface area contributed by atoms with Crippen LogP contribution in [0.15, 0.2) is 98.1 Å². The first-order valence-electron chi connectivity index (χ1n) is 16.5. The number of nitrogens with zero attached hydrogens (tertiary/aromatic N) is 4. The average molecular weight is 651 g/mol. The van der Waals surface area contributed by atoms with Crippen molar-refractivity contribution in [1.82, 2.24) is 19.8 Å². The van der Waals surface area contributed by atoms with Gasteiger partial charge in [-0.1, -0.05) is 100 Å². The van der Waals surface area contributed by atoms with Crippen LogP contribution in [0.25, 0.3) is 0 Å². The third-order valence-corrected chi connectivity index (χ3v) is 8.87. The number of carbonyl (C=O) groups excluding carboxylic acids is 3. The van der Waals surface area contributed by atoms with Gasteiger partial charge in [-0.3, -0.25) is 14.4 Å². The second-order valence-electron chi connectivity index (χ2n) is 13.4. The fraction of sp³-hybridized carbons (Fsp3) is 0.359. The third kappa shape index (κ3) is 7.63. The van der Waals surface area contributed by atoms with Crippen LogP contribution in [0.3, 0.4) is 0 Å². The van der Waals surface area contributed by atoms with Crippen LogP contribution >= 0.6 is 0 Å². The van der Waals surface area contributed by atoms with Crippen molar-refractivity contribution < 1.29 is 24.2 Å². The van der Waals surface area contributed by atoms with Gasteiger partial charge in [0.15, 0.2) is 0 Å². The second-order valence-corrected chi connectivity index (χ2v) is 13.4. The van der Waals surface area contributed by atoms with Crippen LogP contribution < -0.4 is 4.74 Å². The lowest BCUT2D eigenvalue weighted by Crippen LogP contribution is -2.75. The SMILES string of the molecule is C=CCOc1c(CN2C[C@H]3N(C(=O)CN(CC=C)N3C(=O)CCc3ccccc3)[C@@H](Cc3ccc(O)cc3)C2=O)cccc1C(C)(C)C. The molecule has 2 heterocycles. The molecule has 2 aliphatic rings. The summed E-state index contributed by atoms with van der Waals surface area (Å²) in [6, 6.07) is 21.6. The van der Waals surface area contributed by atoms with Gasteiger partial charge in [0.1, 0.15) is 30.3 Å². The van der Waals surface area contributed by atoms with Crippen LogP contribution in [0.5, 0.6) is 11.5 Å². The highest BCUT2D eigenvalue weighted by Gasteiger charge is 2.51. The molecule has 3 aromatic rings. The van der Waals surface area contributed by atoms with Gasteiger partial charge in [-0.2, -0.15) is 0 Å². The molecule has 252 valence electrons. The summed E-state index contributed by atoms with van der Waals surface area (Å²) in [5.41, 5.74) is 3.46. The molecule has 0 aliphatic carbocycles. The molecule has 1 N–H and O–H groups in total. The number of hydrogen-bond donors (Lipinski definition) is 1. The Morgan fingerprint density at radius 2 is 1.69 bits per heavy atom. The maximum atomic E-state index is 14.5. The lowest BCUT2D eigenvalue weighted by atomic mass is 9.85. The number of rotatable bonds is 12. The number of ether oxygens (including phenoxy) is 1. The molecule has 2 fully saturated rings. The number of hydrazine groups is 1. The summed E-state index contributed by atoms with van der Waals surface area (Å²) in [6.07, 6.45) is 3.66. The van der Waals surface area contributed by atoms with Crippen molar-refractivity contribution >= 4 is 17.7 Å². The minimum absolute atomic E-state index is 0.0495. The Hall–Kier alpha value is -4.89. The third-order valence-electron chi connectivity index (χ3n) is 8.87. The van der Waals surface area contributed by atoms with Gasteiger partial charge in [0.25, 0.3) is 0 Å². The number of carbonyl (C=O) groups is 3. The van der Waals surface area contributed by atoms with Crippen molar-refractivity contribution in [2.75, 3.05) is 26.2 Å². The minimum Gasteiger partial charge on any atom is -0.508 e. The number of fused-ring (bicyclic) bond motifs is 1. The van der Waals surface area contributed by atoms with Gasteiger partial charge in [0.05, 0.1) is 13.1 Å². The van der Waals surface area contributed by atoms with E-state index in [1.54, 1.807) is 56.2 Å². The predicted molar refractivity (Wildman–Crippen MR) is 186 cm³/mol. The van der Waals surface area contributed by atoms with Crippen molar-refractivity contribution in [2.24, 2.45) is 0 Å². The zero-order valence-corrected chi connectivity index (χ0v) is 28.2.